The van der Waals surface area contributed by atoms with Gasteiger partial charge in [-0.05, 0) is 17.7 Å². The van der Waals surface area contributed by atoms with Gasteiger partial charge >= 0.3 is 0 Å². The highest BCUT2D eigenvalue weighted by Crippen LogP contribution is 2.35. The average molecular weight is 320 g/mol. The number of nitrogens with zero attached hydrogens (tertiary/aromatic N) is 2. The third-order valence-electron chi connectivity index (χ3n) is 3.02. The Morgan fingerprint density at radius 2 is 2.05 bits per heavy atom. The van der Waals surface area contributed by atoms with Gasteiger partial charge in [-0.3, -0.25) is 5.32 Å². The van der Waals surface area contributed by atoms with Crippen molar-refractivity contribution < 1.29 is 15.2 Å². The lowest BCUT2D eigenvalue weighted by atomic mass is 10.1. The predicted molar refractivity (Wildman–Crippen MR) is 79.3 cm³/mol. The fraction of sp³-hybridized carbons (Fsp3) is 0.0714. The number of rotatable bonds is 4. The monoisotopic (exact) mass is 319 g/mol. The van der Waals surface area contributed by atoms with E-state index in [9.17, 15) is 9.90 Å². The molecule has 21 heavy (non-hydrogen) atoms. The molecule has 3 rings (SSSR count). The number of benzene rings is 1. The number of hydrogen-bond donors (Lipinski definition) is 1. The molecule has 106 valence electrons. The van der Waals surface area contributed by atoms with E-state index in [0.29, 0.717) is 10.8 Å². The second-order valence-electron chi connectivity index (χ2n) is 4.38. The molecule has 0 spiro atoms. The van der Waals surface area contributed by atoms with E-state index < -0.39 is 5.97 Å². The maximum absolute atomic E-state index is 10.6. The molecule has 0 atom stereocenters. The van der Waals surface area contributed by atoms with Gasteiger partial charge in [0.1, 0.15) is 23.1 Å². The number of thiophene rings is 1. The molecule has 0 bridgehead atoms. The average Bonchev–Trinajstić information content (AvgIpc) is 2.90. The highest BCUT2D eigenvalue weighted by molar-refractivity contribution is 7.17. The summed E-state index contributed by atoms with van der Waals surface area (Å²) < 4.78 is 0. The van der Waals surface area contributed by atoms with E-state index in [1.54, 1.807) is 5.32 Å². The molecule has 0 fully saturated rings. The number of carbonyl (C=O) groups is 1. The van der Waals surface area contributed by atoms with Crippen LogP contribution in [0.25, 0.3) is 21.3 Å². The zero-order valence-corrected chi connectivity index (χ0v) is 12.3. The quantitative estimate of drug-likeness (QED) is 0.776. The van der Waals surface area contributed by atoms with Crippen molar-refractivity contribution in [2.24, 2.45) is 0 Å². The number of quaternary nitrogens is 1. The first kappa shape index (κ1) is 13.9. The van der Waals surface area contributed by atoms with Crippen LogP contribution in [0.3, 0.4) is 0 Å². The summed E-state index contributed by atoms with van der Waals surface area (Å²) >= 11 is 7.40. The summed E-state index contributed by atoms with van der Waals surface area (Å²) in [6, 6.07) is 7.46. The van der Waals surface area contributed by atoms with Gasteiger partial charge < -0.3 is 9.90 Å². The molecule has 2 aromatic heterocycles. The Bertz CT molecular complexity index is 802. The molecule has 0 aliphatic heterocycles. The molecular weight excluding hydrogens is 310 g/mol. The number of carboxylic acid groups (broad SMARTS) is 1. The maximum Gasteiger partial charge on any atom is 0.237 e. The molecule has 0 saturated carbocycles. The number of hydrogen-bond acceptors (Lipinski definition) is 5. The molecule has 0 aliphatic rings. The Hall–Kier alpha value is -2.02. The van der Waals surface area contributed by atoms with Gasteiger partial charge in [0.05, 0.1) is 5.97 Å². The summed E-state index contributed by atoms with van der Waals surface area (Å²) in [7, 11) is 0. The van der Waals surface area contributed by atoms with Crippen molar-refractivity contribution in [1.82, 2.24) is 9.97 Å². The fourth-order valence-corrected chi connectivity index (χ4v) is 3.12. The first-order chi connectivity index (χ1) is 10.1. The van der Waals surface area contributed by atoms with Crippen LogP contribution in [-0.2, 0) is 4.79 Å². The second-order valence-corrected chi connectivity index (χ2v) is 5.67. The van der Waals surface area contributed by atoms with Gasteiger partial charge in [0.15, 0.2) is 0 Å². The Balaban J connectivity index is 2.10. The van der Waals surface area contributed by atoms with Crippen molar-refractivity contribution in [1.29, 1.82) is 0 Å². The largest absolute Gasteiger partial charge is 0.544 e. The maximum atomic E-state index is 10.6. The lowest BCUT2D eigenvalue weighted by Gasteiger charge is -2.04. The van der Waals surface area contributed by atoms with E-state index in [-0.39, 0.29) is 6.54 Å². The van der Waals surface area contributed by atoms with Crippen molar-refractivity contribution in [3.05, 3.63) is 41.0 Å². The third kappa shape index (κ3) is 2.87. The van der Waals surface area contributed by atoms with E-state index >= 15 is 0 Å². The summed E-state index contributed by atoms with van der Waals surface area (Å²) in [6.07, 6.45) is 1.44. The van der Waals surface area contributed by atoms with Crippen LogP contribution in [0, 0.1) is 0 Å². The second kappa shape index (κ2) is 5.77. The fourth-order valence-electron chi connectivity index (χ4n) is 2.07. The number of aromatic nitrogens is 2. The normalized spacial score (nSPS) is 10.9. The Kier molecular flexibility index (Phi) is 3.83. The number of nitrogens with two attached hydrogens (primary N) is 1. The SMILES string of the molecule is O=C([O-])C[NH2+]c1ncnc2scc(-c3ccc(Cl)cc3)c12. The minimum absolute atomic E-state index is 0.179. The molecule has 0 unspecified atom stereocenters. The van der Waals surface area contributed by atoms with Gasteiger partial charge in [-0.1, -0.05) is 23.7 Å². The predicted octanol–water partition coefficient (Wildman–Crippen LogP) is 0.957. The van der Waals surface area contributed by atoms with Gasteiger partial charge in [0.25, 0.3) is 0 Å². The van der Waals surface area contributed by atoms with Crippen LogP contribution >= 0.6 is 22.9 Å². The standard InChI is InChI=1S/C14H10ClN3O2S/c15-9-3-1-8(2-4-9)10-6-21-14-12(10)13(17-7-18-14)16-5-11(19)20/h1-4,6-7H,5H2,(H,19,20)(H,16,17,18). The third-order valence-corrected chi connectivity index (χ3v) is 4.16. The summed E-state index contributed by atoms with van der Waals surface area (Å²) in [4.78, 5) is 19.9. The molecule has 0 saturated heterocycles. The van der Waals surface area contributed by atoms with Crippen LogP contribution in [0.5, 0.6) is 0 Å². The minimum atomic E-state index is -1.13. The van der Waals surface area contributed by atoms with Gasteiger partial charge in [-0.25, -0.2) is 4.98 Å². The highest BCUT2D eigenvalue weighted by Gasteiger charge is 2.15. The molecule has 1 aromatic carbocycles. The summed E-state index contributed by atoms with van der Waals surface area (Å²) in [5, 5.41) is 15.7. The molecule has 2 N–H and O–H groups in total. The van der Waals surface area contributed by atoms with Crippen molar-refractivity contribution in [2.45, 2.75) is 0 Å². The molecule has 0 amide bonds. The van der Waals surface area contributed by atoms with E-state index in [2.05, 4.69) is 9.97 Å². The van der Waals surface area contributed by atoms with Crippen LogP contribution in [0.4, 0.5) is 5.82 Å². The number of carboxylic acids is 1. The molecule has 3 aromatic rings. The first-order valence-corrected chi connectivity index (χ1v) is 7.42. The number of aliphatic carboxylic acids is 1. The first-order valence-electron chi connectivity index (χ1n) is 6.16. The van der Waals surface area contributed by atoms with Gasteiger partial charge in [-0.2, -0.15) is 4.98 Å². The van der Waals surface area contributed by atoms with E-state index in [0.717, 1.165) is 21.3 Å². The topological polar surface area (TPSA) is 82.5 Å². The van der Waals surface area contributed by atoms with E-state index in [4.69, 9.17) is 11.6 Å². The van der Waals surface area contributed by atoms with Crippen LogP contribution in [0.15, 0.2) is 36.0 Å². The number of halogens is 1. The summed E-state index contributed by atoms with van der Waals surface area (Å²) in [6.45, 7) is -0.179. The summed E-state index contributed by atoms with van der Waals surface area (Å²) in [5.41, 5.74) is 1.96. The van der Waals surface area contributed by atoms with Crippen molar-refractivity contribution in [3.63, 3.8) is 0 Å². The Morgan fingerprint density at radius 3 is 2.76 bits per heavy atom. The number of fused-ring (bicyclic) bond motifs is 1. The lowest BCUT2D eigenvalue weighted by Crippen LogP contribution is -2.81. The van der Waals surface area contributed by atoms with Crippen molar-refractivity contribution >= 4 is 44.9 Å². The molecule has 0 aliphatic carbocycles. The molecule has 0 radical (unpaired) electrons. The van der Waals surface area contributed by atoms with Crippen molar-refractivity contribution in [2.75, 3.05) is 6.54 Å². The zero-order chi connectivity index (χ0) is 14.8. The highest BCUT2D eigenvalue weighted by atomic mass is 35.5. The molecular formula is C14H10ClN3O2S. The van der Waals surface area contributed by atoms with E-state index in [1.807, 2.05) is 29.6 Å². The Morgan fingerprint density at radius 1 is 1.29 bits per heavy atom. The zero-order valence-electron chi connectivity index (χ0n) is 10.7. The van der Waals surface area contributed by atoms with Gasteiger partial charge in [0.2, 0.25) is 5.82 Å². The molecule has 2 heterocycles. The van der Waals surface area contributed by atoms with E-state index in [1.165, 1.54) is 17.7 Å². The van der Waals surface area contributed by atoms with Crippen LogP contribution in [0.2, 0.25) is 5.02 Å². The minimum Gasteiger partial charge on any atom is -0.544 e. The number of carbonyl (C=O) groups excluding carboxylic acids is 1. The Labute approximate surface area is 129 Å². The summed E-state index contributed by atoms with van der Waals surface area (Å²) in [5.74, 6) is -0.527. The van der Waals surface area contributed by atoms with Crippen LogP contribution in [-0.4, -0.2) is 22.5 Å². The van der Waals surface area contributed by atoms with Crippen molar-refractivity contribution in [3.8, 4) is 11.1 Å². The smallest absolute Gasteiger partial charge is 0.237 e. The van der Waals surface area contributed by atoms with Crippen LogP contribution in [0.1, 0.15) is 0 Å². The lowest BCUT2D eigenvalue weighted by molar-refractivity contribution is -0.571. The van der Waals surface area contributed by atoms with Gasteiger partial charge in [-0.15, -0.1) is 11.3 Å². The van der Waals surface area contributed by atoms with Gasteiger partial charge in [0, 0.05) is 16.0 Å². The molecule has 5 nitrogen and oxygen atoms in total. The molecule has 7 heteroatoms. The van der Waals surface area contributed by atoms with Crippen LogP contribution < -0.4 is 10.4 Å².